The van der Waals surface area contributed by atoms with Crippen LogP contribution in [0.15, 0.2) is 53.8 Å². The summed E-state index contributed by atoms with van der Waals surface area (Å²) in [6.45, 7) is 4.01. The maximum atomic E-state index is 4.61. The summed E-state index contributed by atoms with van der Waals surface area (Å²) in [6, 6.07) is 11.8. The molecule has 0 aliphatic carbocycles. The summed E-state index contributed by atoms with van der Waals surface area (Å²) in [4.78, 5) is 13.2. The van der Waals surface area contributed by atoms with Gasteiger partial charge in [0.05, 0.1) is 23.1 Å². The Balaban J connectivity index is 2.20. The van der Waals surface area contributed by atoms with E-state index in [9.17, 15) is 0 Å². The minimum Gasteiger partial charge on any atom is -0.278 e. The highest BCUT2D eigenvalue weighted by Crippen LogP contribution is 2.14. The fourth-order valence-corrected chi connectivity index (χ4v) is 1.62. The SMILES string of the molecule is CC(=N[C@@H](C)c1ccccn1)c1ccccn1. The summed E-state index contributed by atoms with van der Waals surface area (Å²) < 4.78 is 0. The van der Waals surface area contributed by atoms with E-state index in [-0.39, 0.29) is 6.04 Å². The van der Waals surface area contributed by atoms with Gasteiger partial charge in [0.2, 0.25) is 0 Å². The smallest absolute Gasteiger partial charge is 0.0895 e. The Morgan fingerprint density at radius 2 is 1.76 bits per heavy atom. The van der Waals surface area contributed by atoms with Gasteiger partial charge in [0.1, 0.15) is 0 Å². The topological polar surface area (TPSA) is 38.1 Å². The van der Waals surface area contributed by atoms with Gasteiger partial charge in [-0.05, 0) is 38.1 Å². The van der Waals surface area contributed by atoms with Crippen LogP contribution in [0.1, 0.15) is 31.3 Å². The van der Waals surface area contributed by atoms with Crippen molar-refractivity contribution in [1.29, 1.82) is 0 Å². The average molecular weight is 225 g/mol. The number of hydrogen-bond donors (Lipinski definition) is 0. The quantitative estimate of drug-likeness (QED) is 0.753. The molecule has 2 heterocycles. The van der Waals surface area contributed by atoms with Gasteiger partial charge in [-0.2, -0.15) is 0 Å². The van der Waals surface area contributed by atoms with Crippen molar-refractivity contribution >= 4 is 5.71 Å². The molecule has 0 N–H and O–H groups in total. The molecule has 3 heteroatoms. The Labute approximate surface area is 101 Å². The summed E-state index contributed by atoms with van der Waals surface area (Å²) in [5, 5.41) is 0. The maximum absolute atomic E-state index is 4.61. The molecule has 0 fully saturated rings. The molecule has 0 unspecified atom stereocenters. The van der Waals surface area contributed by atoms with E-state index in [0.717, 1.165) is 17.1 Å². The zero-order chi connectivity index (χ0) is 12.1. The summed E-state index contributed by atoms with van der Waals surface area (Å²) in [7, 11) is 0. The number of pyridine rings is 2. The Morgan fingerprint density at radius 3 is 2.35 bits per heavy atom. The first kappa shape index (κ1) is 11.5. The van der Waals surface area contributed by atoms with Crippen LogP contribution in [0.5, 0.6) is 0 Å². The van der Waals surface area contributed by atoms with Crippen molar-refractivity contribution in [2.45, 2.75) is 19.9 Å². The Hall–Kier alpha value is -2.03. The molecule has 1 atom stereocenters. The molecule has 0 aromatic carbocycles. The fourth-order valence-electron chi connectivity index (χ4n) is 1.62. The highest BCUT2D eigenvalue weighted by Gasteiger charge is 2.05. The molecule has 3 nitrogen and oxygen atoms in total. The van der Waals surface area contributed by atoms with Crippen LogP contribution in [0.4, 0.5) is 0 Å². The van der Waals surface area contributed by atoms with E-state index in [0.29, 0.717) is 0 Å². The van der Waals surface area contributed by atoms with Gasteiger partial charge in [0.15, 0.2) is 0 Å². The normalized spacial score (nSPS) is 13.4. The van der Waals surface area contributed by atoms with Gasteiger partial charge >= 0.3 is 0 Å². The van der Waals surface area contributed by atoms with E-state index in [1.54, 1.807) is 12.4 Å². The molecule has 2 aromatic heterocycles. The number of aromatic nitrogens is 2. The molecule has 0 bridgehead atoms. The van der Waals surface area contributed by atoms with Gasteiger partial charge in [0, 0.05) is 12.4 Å². The summed E-state index contributed by atoms with van der Waals surface area (Å²) in [5.41, 5.74) is 2.82. The average Bonchev–Trinajstić information content (AvgIpc) is 2.40. The number of rotatable bonds is 3. The maximum Gasteiger partial charge on any atom is 0.0895 e. The summed E-state index contributed by atoms with van der Waals surface area (Å²) >= 11 is 0. The van der Waals surface area contributed by atoms with Gasteiger partial charge in [-0.15, -0.1) is 0 Å². The van der Waals surface area contributed by atoms with Gasteiger partial charge in [-0.3, -0.25) is 15.0 Å². The summed E-state index contributed by atoms with van der Waals surface area (Å²) in [5.74, 6) is 0. The second-order valence-electron chi connectivity index (χ2n) is 3.86. The minimum atomic E-state index is 0.0539. The van der Waals surface area contributed by atoms with Crippen molar-refractivity contribution in [3.8, 4) is 0 Å². The van der Waals surface area contributed by atoms with E-state index in [2.05, 4.69) is 15.0 Å². The van der Waals surface area contributed by atoms with Crippen LogP contribution in [-0.2, 0) is 0 Å². The third-order valence-electron chi connectivity index (χ3n) is 2.54. The first-order chi connectivity index (χ1) is 8.27. The zero-order valence-electron chi connectivity index (χ0n) is 10.0. The van der Waals surface area contributed by atoms with Crippen LogP contribution in [-0.4, -0.2) is 15.7 Å². The minimum absolute atomic E-state index is 0.0539. The first-order valence-corrected chi connectivity index (χ1v) is 5.64. The predicted molar refractivity (Wildman–Crippen MR) is 69.1 cm³/mol. The van der Waals surface area contributed by atoms with Crippen LogP contribution >= 0.6 is 0 Å². The van der Waals surface area contributed by atoms with Crippen molar-refractivity contribution in [2.75, 3.05) is 0 Å². The van der Waals surface area contributed by atoms with Gasteiger partial charge in [0.25, 0.3) is 0 Å². The molecule has 86 valence electrons. The van der Waals surface area contributed by atoms with Gasteiger partial charge in [-0.1, -0.05) is 12.1 Å². The first-order valence-electron chi connectivity index (χ1n) is 5.64. The molecular weight excluding hydrogens is 210 g/mol. The van der Waals surface area contributed by atoms with Crippen molar-refractivity contribution in [3.63, 3.8) is 0 Å². The standard InChI is InChI=1S/C14H15N3/c1-11(13-7-3-5-9-15-13)17-12(2)14-8-4-6-10-16-14/h3-11H,1-2H3/t11-/m0/s1. The van der Waals surface area contributed by atoms with Crippen LogP contribution in [0, 0.1) is 0 Å². The van der Waals surface area contributed by atoms with Crippen LogP contribution in [0.25, 0.3) is 0 Å². The third-order valence-corrected chi connectivity index (χ3v) is 2.54. The van der Waals surface area contributed by atoms with E-state index in [1.165, 1.54) is 0 Å². The molecule has 0 aliphatic heterocycles. The van der Waals surface area contributed by atoms with E-state index in [1.807, 2.05) is 50.2 Å². The second kappa shape index (κ2) is 5.34. The fraction of sp³-hybridized carbons (Fsp3) is 0.214. The highest BCUT2D eigenvalue weighted by atomic mass is 14.9. The lowest BCUT2D eigenvalue weighted by atomic mass is 10.2. The lowest BCUT2D eigenvalue weighted by Gasteiger charge is -2.07. The van der Waals surface area contributed by atoms with Crippen LogP contribution in [0.3, 0.4) is 0 Å². The Bertz CT molecular complexity index is 491. The number of nitrogens with zero attached hydrogens (tertiary/aromatic N) is 3. The van der Waals surface area contributed by atoms with Crippen LogP contribution < -0.4 is 0 Å². The van der Waals surface area contributed by atoms with Crippen molar-refractivity contribution in [3.05, 3.63) is 60.2 Å². The molecule has 17 heavy (non-hydrogen) atoms. The second-order valence-corrected chi connectivity index (χ2v) is 3.86. The highest BCUT2D eigenvalue weighted by molar-refractivity contribution is 5.96. The molecule has 0 saturated carbocycles. The van der Waals surface area contributed by atoms with Crippen molar-refractivity contribution in [1.82, 2.24) is 9.97 Å². The van der Waals surface area contributed by atoms with E-state index < -0.39 is 0 Å². The number of aliphatic imine (C=N–C) groups is 1. The number of hydrogen-bond acceptors (Lipinski definition) is 3. The molecule has 2 rings (SSSR count). The molecule has 0 amide bonds. The largest absolute Gasteiger partial charge is 0.278 e. The van der Waals surface area contributed by atoms with Gasteiger partial charge in [-0.25, -0.2) is 0 Å². The lowest BCUT2D eigenvalue weighted by molar-refractivity contribution is 0.782. The molecule has 2 aromatic rings. The lowest BCUT2D eigenvalue weighted by Crippen LogP contribution is -2.02. The Morgan fingerprint density at radius 1 is 1.06 bits per heavy atom. The van der Waals surface area contributed by atoms with Gasteiger partial charge < -0.3 is 0 Å². The van der Waals surface area contributed by atoms with E-state index >= 15 is 0 Å². The molecular formula is C14H15N3. The van der Waals surface area contributed by atoms with Crippen molar-refractivity contribution in [2.24, 2.45) is 4.99 Å². The monoisotopic (exact) mass is 225 g/mol. The third kappa shape index (κ3) is 2.97. The summed E-state index contributed by atoms with van der Waals surface area (Å²) in [6.07, 6.45) is 3.57. The molecule has 0 radical (unpaired) electrons. The predicted octanol–water partition coefficient (Wildman–Crippen LogP) is 3.05. The zero-order valence-corrected chi connectivity index (χ0v) is 10.0. The van der Waals surface area contributed by atoms with Crippen molar-refractivity contribution < 1.29 is 0 Å². The Kier molecular flexibility index (Phi) is 3.60. The molecule has 0 aliphatic rings. The molecule has 0 spiro atoms. The molecule has 0 saturated heterocycles. The van der Waals surface area contributed by atoms with E-state index in [4.69, 9.17) is 0 Å². The van der Waals surface area contributed by atoms with Crippen LogP contribution in [0.2, 0.25) is 0 Å².